The van der Waals surface area contributed by atoms with E-state index in [0.717, 1.165) is 12.8 Å². The Hall–Kier alpha value is -10.7. The summed E-state index contributed by atoms with van der Waals surface area (Å²) in [6.07, 6.45) is 2.02. The Morgan fingerprint density at radius 1 is 0.155 bits per heavy atom. The van der Waals surface area contributed by atoms with Gasteiger partial charge in [0.15, 0.2) is 0 Å². The smallest absolute Gasteiger partial charge is 0.000728 e. The third-order valence-electron chi connectivity index (χ3n) is 18.9. The average Bonchev–Trinajstić information content (AvgIpc) is 1.87. The molecule has 0 heteroatoms. The molecule has 0 N–H and O–H groups in total. The lowest BCUT2D eigenvalue weighted by molar-refractivity contribution is 1.27. The van der Waals surface area contributed by atoms with Crippen LogP contribution in [0.15, 0.2) is 291 Å². The van der Waals surface area contributed by atoms with E-state index < -0.39 is 0 Å². The standard InChI is InChI=1S/C43H26.C41H26/c1-2-14-34-32(12-1)33-13-3-4-15-35(33)40-25-27(19-22-37(34)40)26-9-7-10-28(23-26)31-21-20-30-24-29-11-8-18-38-36-16-5-6-17-39(36)43(31)42(30)41(29)38;1-2-13-30-29(10-1)24-40-36-19-8-6-17-34(36)38(25-41(30)40)28-12-9-11-26(22-28)27-20-21-37-33-16-4-3-14-31(33)32-15-5-7-18-35(32)39(37)23-27/h1-23,25H,24H2;1-23,25H,24H2. The summed E-state index contributed by atoms with van der Waals surface area (Å²) >= 11 is 0. The Labute approximate surface area is 486 Å². The monoisotopic (exact) mass is 1060 g/mol. The third-order valence-corrected chi connectivity index (χ3v) is 18.9. The lowest BCUT2D eigenvalue weighted by Crippen LogP contribution is -1.89. The number of hydrogen-bond acceptors (Lipinski definition) is 0. The second kappa shape index (κ2) is 18.4. The molecule has 84 heavy (non-hydrogen) atoms. The van der Waals surface area contributed by atoms with Gasteiger partial charge in [-0.2, -0.15) is 0 Å². The maximum Gasteiger partial charge on any atom is -0.000728 e. The summed E-state index contributed by atoms with van der Waals surface area (Å²) in [6, 6.07) is 108. The van der Waals surface area contributed by atoms with E-state index in [-0.39, 0.29) is 0 Å². The molecule has 0 spiro atoms. The Balaban J connectivity index is 0.000000128. The van der Waals surface area contributed by atoms with Gasteiger partial charge < -0.3 is 0 Å². The SMILES string of the molecule is c1cc(-c2ccc3c4ccccc4c4ccccc4c3c2)cc(-c2cc3c(c4ccccc24)Cc2ccccc2-3)c1.c1cc(-c2ccc3c4ccccc4c4ccccc4c3c2)cc(-c2ccc3c4c5c(cccc5c5ccccc5c24)C3)c1. The number of hydrogen-bond donors (Lipinski definition) is 0. The van der Waals surface area contributed by atoms with Crippen LogP contribution >= 0.6 is 0 Å². The first-order valence-corrected chi connectivity index (χ1v) is 29.6. The summed E-state index contributed by atoms with van der Waals surface area (Å²) in [7, 11) is 0. The highest BCUT2D eigenvalue weighted by atomic mass is 14.3. The van der Waals surface area contributed by atoms with Crippen molar-refractivity contribution < 1.29 is 0 Å². The minimum absolute atomic E-state index is 1.01. The third kappa shape index (κ3) is 7.08. The fourth-order valence-electron chi connectivity index (χ4n) is 15.1. The van der Waals surface area contributed by atoms with E-state index in [1.807, 2.05) is 0 Å². The zero-order valence-electron chi connectivity index (χ0n) is 46.1. The Bertz CT molecular complexity index is 5610. The first-order valence-electron chi connectivity index (χ1n) is 29.6. The van der Waals surface area contributed by atoms with Crippen molar-refractivity contribution in [3.05, 3.63) is 313 Å². The second-order valence-corrected chi connectivity index (χ2v) is 23.3. The van der Waals surface area contributed by atoms with Gasteiger partial charge in [0.2, 0.25) is 0 Å². The molecule has 0 heterocycles. The predicted molar refractivity (Wildman–Crippen MR) is 361 cm³/mol. The van der Waals surface area contributed by atoms with Crippen molar-refractivity contribution in [3.63, 3.8) is 0 Å². The predicted octanol–water partition coefficient (Wildman–Crippen LogP) is 23.0. The van der Waals surface area contributed by atoms with Crippen LogP contribution in [0.25, 0.3) is 163 Å². The van der Waals surface area contributed by atoms with Gasteiger partial charge in [0, 0.05) is 0 Å². The average molecular weight is 1060 g/mol. The van der Waals surface area contributed by atoms with Crippen molar-refractivity contribution >= 4 is 108 Å². The van der Waals surface area contributed by atoms with Crippen LogP contribution < -0.4 is 0 Å². The van der Waals surface area contributed by atoms with Crippen LogP contribution in [0.4, 0.5) is 0 Å². The minimum Gasteiger partial charge on any atom is -0.0619 e. The lowest BCUT2D eigenvalue weighted by Gasteiger charge is -2.15. The quantitative estimate of drug-likeness (QED) is 0.154. The first-order chi connectivity index (χ1) is 41.7. The summed E-state index contributed by atoms with van der Waals surface area (Å²) < 4.78 is 0. The van der Waals surface area contributed by atoms with Gasteiger partial charge in [-0.3, -0.25) is 0 Å². The van der Waals surface area contributed by atoms with Crippen molar-refractivity contribution in [1.29, 1.82) is 0 Å². The summed E-state index contributed by atoms with van der Waals surface area (Å²) in [5.41, 5.74) is 18.6. The van der Waals surface area contributed by atoms with Crippen LogP contribution in [0.1, 0.15) is 22.3 Å². The van der Waals surface area contributed by atoms with Crippen LogP contribution in [-0.2, 0) is 12.8 Å². The van der Waals surface area contributed by atoms with Crippen molar-refractivity contribution in [3.8, 4) is 55.6 Å². The van der Waals surface area contributed by atoms with Crippen LogP contribution in [-0.4, -0.2) is 0 Å². The molecule has 0 bridgehead atoms. The first kappa shape index (κ1) is 47.0. The Morgan fingerprint density at radius 2 is 0.536 bits per heavy atom. The molecule has 0 saturated heterocycles. The van der Waals surface area contributed by atoms with E-state index in [4.69, 9.17) is 0 Å². The summed E-state index contributed by atoms with van der Waals surface area (Å²) in [5.74, 6) is 0. The summed E-state index contributed by atoms with van der Waals surface area (Å²) in [4.78, 5) is 0. The van der Waals surface area contributed by atoms with E-state index >= 15 is 0 Å². The van der Waals surface area contributed by atoms with Crippen molar-refractivity contribution in [2.45, 2.75) is 12.8 Å². The van der Waals surface area contributed by atoms with Gasteiger partial charge in [0.25, 0.3) is 0 Å². The Kier molecular flexibility index (Phi) is 10.3. The maximum absolute atomic E-state index is 2.43. The molecule has 17 aromatic carbocycles. The van der Waals surface area contributed by atoms with Crippen LogP contribution in [0.2, 0.25) is 0 Å². The molecule has 0 saturated carbocycles. The number of benzene rings is 17. The molecular formula is C84H52. The molecule has 0 aliphatic heterocycles. The van der Waals surface area contributed by atoms with E-state index in [9.17, 15) is 0 Å². The summed E-state index contributed by atoms with van der Waals surface area (Å²) in [5, 5.41) is 26.8. The molecule has 17 aromatic rings. The van der Waals surface area contributed by atoms with Crippen molar-refractivity contribution in [2.24, 2.45) is 0 Å². The van der Waals surface area contributed by atoms with Gasteiger partial charge in [0.1, 0.15) is 0 Å². The lowest BCUT2D eigenvalue weighted by atomic mass is 9.88. The zero-order chi connectivity index (χ0) is 55.0. The van der Waals surface area contributed by atoms with Gasteiger partial charge in [-0.05, 0) is 229 Å². The number of fused-ring (bicyclic) bond motifs is 20. The molecule has 2 aliphatic rings. The van der Waals surface area contributed by atoms with E-state index in [1.165, 1.54) is 186 Å². The minimum atomic E-state index is 1.01. The molecule has 2 aliphatic carbocycles. The summed E-state index contributed by atoms with van der Waals surface area (Å²) in [6.45, 7) is 0. The second-order valence-electron chi connectivity index (χ2n) is 23.3. The molecule has 388 valence electrons. The molecule has 0 atom stereocenters. The fraction of sp³-hybridized carbons (Fsp3) is 0.0238. The fourth-order valence-corrected chi connectivity index (χ4v) is 15.1. The van der Waals surface area contributed by atoms with Crippen molar-refractivity contribution in [1.82, 2.24) is 0 Å². The van der Waals surface area contributed by atoms with Crippen LogP contribution in [0.5, 0.6) is 0 Å². The van der Waals surface area contributed by atoms with Crippen LogP contribution in [0.3, 0.4) is 0 Å². The van der Waals surface area contributed by atoms with E-state index in [1.54, 1.807) is 0 Å². The van der Waals surface area contributed by atoms with Gasteiger partial charge >= 0.3 is 0 Å². The molecule has 0 aromatic heterocycles. The molecular weight excluding hydrogens is 1010 g/mol. The van der Waals surface area contributed by atoms with E-state index in [0.29, 0.717) is 0 Å². The van der Waals surface area contributed by atoms with Gasteiger partial charge in [-0.25, -0.2) is 0 Å². The molecule has 0 unspecified atom stereocenters. The van der Waals surface area contributed by atoms with Crippen molar-refractivity contribution in [2.75, 3.05) is 0 Å². The molecule has 0 amide bonds. The highest BCUT2D eigenvalue weighted by Crippen LogP contribution is 2.49. The highest BCUT2D eigenvalue weighted by Gasteiger charge is 2.25. The normalized spacial score (nSPS) is 12.4. The highest BCUT2D eigenvalue weighted by molar-refractivity contribution is 6.32. The topological polar surface area (TPSA) is 0 Å². The van der Waals surface area contributed by atoms with Crippen LogP contribution in [0, 0.1) is 0 Å². The molecule has 0 fully saturated rings. The van der Waals surface area contributed by atoms with E-state index in [2.05, 4.69) is 291 Å². The van der Waals surface area contributed by atoms with Gasteiger partial charge in [-0.15, -0.1) is 0 Å². The maximum atomic E-state index is 2.43. The molecule has 0 nitrogen and oxygen atoms in total. The largest absolute Gasteiger partial charge is 0.0619 e. The van der Waals surface area contributed by atoms with Gasteiger partial charge in [0.05, 0.1) is 0 Å². The number of rotatable bonds is 4. The Morgan fingerprint density at radius 3 is 1.11 bits per heavy atom. The van der Waals surface area contributed by atoms with Gasteiger partial charge in [-0.1, -0.05) is 261 Å². The zero-order valence-corrected chi connectivity index (χ0v) is 46.1. The molecule has 19 rings (SSSR count). The molecule has 0 radical (unpaired) electrons.